The summed E-state index contributed by atoms with van der Waals surface area (Å²) < 4.78 is 0. The number of benzene rings is 1. The lowest BCUT2D eigenvalue weighted by atomic mass is 9.79. The summed E-state index contributed by atoms with van der Waals surface area (Å²) in [6.45, 7) is 8.93. The van der Waals surface area contributed by atoms with E-state index in [1.807, 2.05) is 6.20 Å². The zero-order valence-corrected chi connectivity index (χ0v) is 12.4. The van der Waals surface area contributed by atoms with Gasteiger partial charge in [-0.25, -0.2) is 0 Å². The van der Waals surface area contributed by atoms with Crippen molar-refractivity contribution in [1.29, 1.82) is 0 Å². The van der Waals surface area contributed by atoms with Crippen molar-refractivity contribution in [2.75, 3.05) is 0 Å². The number of hydrogen-bond donors (Lipinski definition) is 0. The lowest BCUT2D eigenvalue weighted by molar-refractivity contribution is 0.521. The van der Waals surface area contributed by atoms with Crippen molar-refractivity contribution in [3.63, 3.8) is 0 Å². The number of aromatic nitrogens is 1. The number of nitrogens with zero attached hydrogens (tertiary/aromatic N) is 1. The van der Waals surface area contributed by atoms with E-state index in [-0.39, 0.29) is 5.41 Å². The third-order valence-electron chi connectivity index (χ3n) is 3.64. The monoisotopic (exact) mass is 253 g/mol. The molecule has 0 N–H and O–H groups in total. The number of pyridine rings is 1. The molecule has 0 aliphatic heterocycles. The fourth-order valence-electron chi connectivity index (χ4n) is 2.38. The minimum absolute atomic E-state index is 0.141. The van der Waals surface area contributed by atoms with Crippen LogP contribution in [0.2, 0.25) is 0 Å². The summed E-state index contributed by atoms with van der Waals surface area (Å²) in [4.78, 5) is 4.56. The second kappa shape index (κ2) is 5.56. The first-order valence-electron chi connectivity index (χ1n) is 6.99. The van der Waals surface area contributed by atoms with E-state index in [1.165, 1.54) is 16.8 Å². The van der Waals surface area contributed by atoms with Crippen LogP contribution in [0.25, 0.3) is 0 Å². The standard InChI is InChI=1S/C18H23N/c1-14(2)17-11-10-15(13-19-17)12-18(3,4)16-8-6-5-7-9-16/h5-11,13-14H,12H2,1-4H3. The Labute approximate surface area is 116 Å². The maximum absolute atomic E-state index is 4.56. The summed E-state index contributed by atoms with van der Waals surface area (Å²) in [5.41, 5.74) is 3.99. The van der Waals surface area contributed by atoms with Gasteiger partial charge >= 0.3 is 0 Å². The van der Waals surface area contributed by atoms with Gasteiger partial charge in [0.15, 0.2) is 0 Å². The summed E-state index contributed by atoms with van der Waals surface area (Å²) in [5, 5.41) is 0. The summed E-state index contributed by atoms with van der Waals surface area (Å²) in [7, 11) is 0. The van der Waals surface area contributed by atoms with Crippen LogP contribution in [0, 0.1) is 0 Å². The molecule has 1 heteroatoms. The molecule has 0 amide bonds. The van der Waals surface area contributed by atoms with Crippen LogP contribution in [-0.4, -0.2) is 4.98 Å². The minimum Gasteiger partial charge on any atom is -0.261 e. The molecule has 1 heterocycles. The molecule has 2 rings (SSSR count). The highest BCUT2D eigenvalue weighted by molar-refractivity contribution is 5.27. The largest absolute Gasteiger partial charge is 0.261 e. The molecule has 1 aromatic heterocycles. The lowest BCUT2D eigenvalue weighted by Crippen LogP contribution is -2.20. The topological polar surface area (TPSA) is 12.9 Å². The summed E-state index contributed by atoms with van der Waals surface area (Å²) in [6, 6.07) is 15.1. The Kier molecular flexibility index (Phi) is 4.04. The van der Waals surface area contributed by atoms with Gasteiger partial charge in [0, 0.05) is 11.9 Å². The van der Waals surface area contributed by atoms with Gasteiger partial charge in [0.1, 0.15) is 0 Å². The van der Waals surface area contributed by atoms with Gasteiger partial charge in [0.25, 0.3) is 0 Å². The third-order valence-corrected chi connectivity index (χ3v) is 3.64. The zero-order chi connectivity index (χ0) is 13.9. The molecule has 0 unspecified atom stereocenters. The van der Waals surface area contributed by atoms with Crippen LogP contribution in [0.1, 0.15) is 50.4 Å². The predicted molar refractivity (Wildman–Crippen MR) is 81.5 cm³/mol. The zero-order valence-electron chi connectivity index (χ0n) is 12.4. The minimum atomic E-state index is 0.141. The molecule has 0 fully saturated rings. The van der Waals surface area contributed by atoms with Gasteiger partial charge in [-0.15, -0.1) is 0 Å². The van der Waals surface area contributed by atoms with Crippen LogP contribution < -0.4 is 0 Å². The number of rotatable bonds is 4. The first-order valence-corrected chi connectivity index (χ1v) is 6.99. The second-order valence-corrected chi connectivity index (χ2v) is 6.17. The van der Waals surface area contributed by atoms with Crippen molar-refractivity contribution >= 4 is 0 Å². The summed E-state index contributed by atoms with van der Waals surface area (Å²) >= 11 is 0. The van der Waals surface area contributed by atoms with E-state index < -0.39 is 0 Å². The second-order valence-electron chi connectivity index (χ2n) is 6.17. The first-order chi connectivity index (χ1) is 8.99. The predicted octanol–water partition coefficient (Wildman–Crippen LogP) is 4.73. The average molecular weight is 253 g/mol. The molecule has 0 aliphatic carbocycles. The van der Waals surface area contributed by atoms with E-state index in [0.717, 1.165) is 6.42 Å². The Morgan fingerprint density at radius 2 is 1.68 bits per heavy atom. The molecule has 1 aromatic carbocycles. The van der Waals surface area contributed by atoms with Crippen LogP contribution in [-0.2, 0) is 11.8 Å². The molecule has 0 atom stereocenters. The Hall–Kier alpha value is -1.63. The average Bonchev–Trinajstić information content (AvgIpc) is 2.40. The van der Waals surface area contributed by atoms with Gasteiger partial charge < -0.3 is 0 Å². The van der Waals surface area contributed by atoms with Crippen LogP contribution in [0.15, 0.2) is 48.7 Å². The molecule has 0 spiro atoms. The maximum Gasteiger partial charge on any atom is 0.0429 e. The van der Waals surface area contributed by atoms with Gasteiger partial charge in [-0.2, -0.15) is 0 Å². The SMILES string of the molecule is CC(C)c1ccc(CC(C)(C)c2ccccc2)cn1. The van der Waals surface area contributed by atoms with Gasteiger partial charge in [-0.05, 0) is 34.9 Å². The fraction of sp³-hybridized carbons (Fsp3) is 0.389. The van der Waals surface area contributed by atoms with E-state index in [4.69, 9.17) is 0 Å². The maximum atomic E-state index is 4.56. The van der Waals surface area contributed by atoms with Crippen molar-refractivity contribution in [3.8, 4) is 0 Å². The van der Waals surface area contributed by atoms with Crippen molar-refractivity contribution in [2.24, 2.45) is 0 Å². The highest BCUT2D eigenvalue weighted by atomic mass is 14.7. The van der Waals surface area contributed by atoms with Crippen LogP contribution in [0.4, 0.5) is 0 Å². The van der Waals surface area contributed by atoms with Crippen LogP contribution >= 0.6 is 0 Å². The molecule has 0 saturated carbocycles. The van der Waals surface area contributed by atoms with Crippen molar-refractivity contribution in [3.05, 3.63) is 65.5 Å². The third kappa shape index (κ3) is 3.44. The molecule has 0 bridgehead atoms. The summed E-state index contributed by atoms with van der Waals surface area (Å²) in [6.07, 6.45) is 3.04. The van der Waals surface area contributed by atoms with Crippen molar-refractivity contribution < 1.29 is 0 Å². The van der Waals surface area contributed by atoms with Gasteiger partial charge in [-0.1, -0.05) is 64.1 Å². The Balaban J connectivity index is 2.16. The van der Waals surface area contributed by atoms with Gasteiger partial charge in [-0.3, -0.25) is 4.98 Å². The Morgan fingerprint density at radius 3 is 2.21 bits per heavy atom. The van der Waals surface area contributed by atoms with Crippen LogP contribution in [0.5, 0.6) is 0 Å². The van der Waals surface area contributed by atoms with E-state index in [1.54, 1.807) is 0 Å². The van der Waals surface area contributed by atoms with Crippen molar-refractivity contribution in [1.82, 2.24) is 4.98 Å². The molecule has 19 heavy (non-hydrogen) atoms. The smallest absolute Gasteiger partial charge is 0.0429 e. The molecular weight excluding hydrogens is 230 g/mol. The van der Waals surface area contributed by atoms with E-state index in [0.29, 0.717) is 5.92 Å². The molecule has 0 aliphatic rings. The highest BCUT2D eigenvalue weighted by Crippen LogP contribution is 2.27. The van der Waals surface area contributed by atoms with Crippen molar-refractivity contribution in [2.45, 2.75) is 45.4 Å². The van der Waals surface area contributed by atoms with Crippen LogP contribution in [0.3, 0.4) is 0 Å². The van der Waals surface area contributed by atoms with Gasteiger partial charge in [0.2, 0.25) is 0 Å². The van der Waals surface area contributed by atoms with Gasteiger partial charge in [0.05, 0.1) is 0 Å². The van der Waals surface area contributed by atoms with E-state index in [9.17, 15) is 0 Å². The molecule has 2 aromatic rings. The normalized spacial score (nSPS) is 11.8. The van der Waals surface area contributed by atoms with E-state index in [2.05, 4.69) is 75.1 Å². The fourth-order valence-corrected chi connectivity index (χ4v) is 2.38. The molecule has 0 saturated heterocycles. The molecular formula is C18H23N. The Bertz CT molecular complexity index is 509. The molecule has 1 nitrogen and oxygen atoms in total. The molecule has 100 valence electrons. The highest BCUT2D eigenvalue weighted by Gasteiger charge is 2.20. The first kappa shape index (κ1) is 13.8. The summed E-state index contributed by atoms with van der Waals surface area (Å²) in [5.74, 6) is 0.496. The van der Waals surface area contributed by atoms with E-state index >= 15 is 0 Å². The molecule has 0 radical (unpaired) electrons. The Morgan fingerprint density at radius 1 is 1.00 bits per heavy atom. The quantitative estimate of drug-likeness (QED) is 0.768. The number of hydrogen-bond acceptors (Lipinski definition) is 1. The lowest BCUT2D eigenvalue weighted by Gasteiger charge is -2.25.